The topological polar surface area (TPSA) is 44.0 Å². The quantitative estimate of drug-likeness (QED) is 0.757. The lowest BCUT2D eigenvalue weighted by Gasteiger charge is -2.11. The lowest BCUT2D eigenvalue weighted by molar-refractivity contribution is 0.399. The predicted octanol–water partition coefficient (Wildman–Crippen LogP) is 1.08. The molecule has 1 aliphatic heterocycles. The van der Waals surface area contributed by atoms with Crippen LogP contribution in [0, 0.1) is 12.8 Å². The summed E-state index contributed by atoms with van der Waals surface area (Å²) in [6.07, 6.45) is 3.16. The van der Waals surface area contributed by atoms with E-state index in [9.17, 15) is 0 Å². The van der Waals surface area contributed by atoms with Crippen LogP contribution in [0.2, 0.25) is 0 Å². The van der Waals surface area contributed by atoms with Gasteiger partial charge in [-0.25, -0.2) is 0 Å². The van der Waals surface area contributed by atoms with Gasteiger partial charge in [-0.05, 0) is 32.9 Å². The molecule has 0 bridgehead atoms. The molecule has 0 spiro atoms. The molecule has 1 aromatic heterocycles. The molecule has 1 aromatic rings. The molecule has 1 unspecified atom stereocenters. The number of H-pyrrole nitrogens is 1. The minimum atomic E-state index is 0.786. The summed E-state index contributed by atoms with van der Waals surface area (Å²) >= 11 is 0. The van der Waals surface area contributed by atoms with E-state index in [1.54, 1.807) is 0 Å². The highest BCUT2D eigenvalue weighted by Gasteiger charge is 2.19. The fourth-order valence-electron chi connectivity index (χ4n) is 1.98. The molecule has 0 saturated carbocycles. The van der Waals surface area contributed by atoms with Crippen LogP contribution in [-0.4, -0.2) is 41.8 Å². The maximum Gasteiger partial charge on any atom is 0.0753 e. The summed E-state index contributed by atoms with van der Waals surface area (Å²) < 4.78 is 0. The molecule has 78 valence electrons. The van der Waals surface area contributed by atoms with Gasteiger partial charge in [0.05, 0.1) is 17.6 Å². The van der Waals surface area contributed by atoms with Crippen LogP contribution in [0.4, 0.5) is 5.69 Å². The van der Waals surface area contributed by atoms with E-state index >= 15 is 0 Å². The Hall–Kier alpha value is -1.03. The molecular formula is C10H18N4. The van der Waals surface area contributed by atoms with Crippen molar-refractivity contribution in [2.45, 2.75) is 13.3 Å². The first-order valence-electron chi connectivity index (χ1n) is 5.18. The molecule has 0 radical (unpaired) electrons. The summed E-state index contributed by atoms with van der Waals surface area (Å²) in [5, 5.41) is 10.3. The maximum atomic E-state index is 3.98. The van der Waals surface area contributed by atoms with Gasteiger partial charge < -0.3 is 10.2 Å². The van der Waals surface area contributed by atoms with Crippen molar-refractivity contribution in [3.63, 3.8) is 0 Å². The Balaban J connectivity index is 1.80. The highest BCUT2D eigenvalue weighted by molar-refractivity contribution is 5.44. The molecule has 0 amide bonds. The zero-order valence-corrected chi connectivity index (χ0v) is 8.88. The van der Waals surface area contributed by atoms with Crippen LogP contribution in [0.25, 0.3) is 0 Å². The molecule has 2 heterocycles. The molecule has 1 aliphatic rings. The van der Waals surface area contributed by atoms with E-state index < -0.39 is 0 Å². The molecule has 0 aliphatic carbocycles. The molecule has 0 aromatic carbocycles. The number of rotatable bonds is 3. The number of aromatic nitrogens is 2. The molecule has 1 atom stereocenters. The largest absolute Gasteiger partial charge is 0.382 e. The third-order valence-corrected chi connectivity index (χ3v) is 2.90. The second-order valence-corrected chi connectivity index (χ2v) is 4.21. The molecule has 4 heteroatoms. The second-order valence-electron chi connectivity index (χ2n) is 4.21. The van der Waals surface area contributed by atoms with Gasteiger partial charge in [0.2, 0.25) is 0 Å². The van der Waals surface area contributed by atoms with Crippen molar-refractivity contribution in [2.75, 3.05) is 32.0 Å². The Kier molecular flexibility index (Phi) is 2.72. The Morgan fingerprint density at radius 2 is 2.57 bits per heavy atom. The smallest absolute Gasteiger partial charge is 0.0753 e. The Morgan fingerprint density at radius 3 is 3.14 bits per heavy atom. The molecule has 4 nitrogen and oxygen atoms in total. The first-order valence-corrected chi connectivity index (χ1v) is 5.18. The van der Waals surface area contributed by atoms with Gasteiger partial charge in [-0.1, -0.05) is 0 Å². The number of nitrogens with one attached hydrogen (secondary N) is 2. The molecule has 1 saturated heterocycles. The average Bonchev–Trinajstić information content (AvgIpc) is 2.72. The van der Waals surface area contributed by atoms with Crippen molar-refractivity contribution >= 4 is 5.69 Å². The Morgan fingerprint density at radius 1 is 1.71 bits per heavy atom. The fraction of sp³-hybridized carbons (Fsp3) is 0.700. The van der Waals surface area contributed by atoms with Crippen molar-refractivity contribution in [2.24, 2.45) is 5.92 Å². The number of anilines is 1. The number of hydrogen-bond donors (Lipinski definition) is 2. The molecule has 2 N–H and O–H groups in total. The first kappa shape index (κ1) is 9.52. The van der Waals surface area contributed by atoms with E-state index in [-0.39, 0.29) is 0 Å². The summed E-state index contributed by atoms with van der Waals surface area (Å²) in [5.74, 6) is 0.786. The molecule has 14 heavy (non-hydrogen) atoms. The van der Waals surface area contributed by atoms with Crippen LogP contribution < -0.4 is 5.32 Å². The summed E-state index contributed by atoms with van der Waals surface area (Å²) in [4.78, 5) is 2.38. The Bertz CT molecular complexity index is 294. The summed E-state index contributed by atoms with van der Waals surface area (Å²) in [6, 6.07) is 0. The van der Waals surface area contributed by atoms with Gasteiger partial charge in [0.15, 0.2) is 0 Å². The SMILES string of the molecule is Cc1[nH]ncc1NCC1CCN(C)C1. The minimum absolute atomic E-state index is 0.786. The van der Waals surface area contributed by atoms with Crippen LogP contribution >= 0.6 is 0 Å². The normalized spacial score (nSPS) is 22.9. The average molecular weight is 194 g/mol. The number of hydrogen-bond acceptors (Lipinski definition) is 3. The van der Waals surface area contributed by atoms with Crippen LogP contribution in [0.1, 0.15) is 12.1 Å². The molecule has 1 fully saturated rings. The van der Waals surface area contributed by atoms with E-state index in [1.165, 1.54) is 19.5 Å². The van der Waals surface area contributed by atoms with Gasteiger partial charge in [-0.2, -0.15) is 5.10 Å². The number of nitrogens with zero attached hydrogens (tertiary/aromatic N) is 2. The lowest BCUT2D eigenvalue weighted by atomic mass is 10.1. The van der Waals surface area contributed by atoms with Crippen molar-refractivity contribution in [1.82, 2.24) is 15.1 Å². The van der Waals surface area contributed by atoms with E-state index in [0.29, 0.717) is 0 Å². The van der Waals surface area contributed by atoms with Gasteiger partial charge in [0.1, 0.15) is 0 Å². The van der Waals surface area contributed by atoms with Gasteiger partial charge >= 0.3 is 0 Å². The van der Waals surface area contributed by atoms with Crippen LogP contribution in [0.3, 0.4) is 0 Å². The summed E-state index contributed by atoms with van der Waals surface area (Å²) in [6.45, 7) is 5.54. The van der Waals surface area contributed by atoms with Crippen molar-refractivity contribution in [3.05, 3.63) is 11.9 Å². The summed E-state index contributed by atoms with van der Waals surface area (Å²) in [5.41, 5.74) is 2.26. The van der Waals surface area contributed by atoms with Crippen LogP contribution in [0.5, 0.6) is 0 Å². The predicted molar refractivity (Wildman–Crippen MR) is 57.4 cm³/mol. The van der Waals surface area contributed by atoms with Crippen molar-refractivity contribution in [1.29, 1.82) is 0 Å². The van der Waals surface area contributed by atoms with E-state index in [1.807, 2.05) is 13.1 Å². The van der Waals surface area contributed by atoms with E-state index in [4.69, 9.17) is 0 Å². The van der Waals surface area contributed by atoms with Crippen LogP contribution in [0.15, 0.2) is 6.20 Å². The number of likely N-dealkylation sites (tertiary alicyclic amines) is 1. The highest BCUT2D eigenvalue weighted by atomic mass is 15.1. The third kappa shape index (κ3) is 2.07. The third-order valence-electron chi connectivity index (χ3n) is 2.90. The van der Waals surface area contributed by atoms with Crippen molar-refractivity contribution < 1.29 is 0 Å². The van der Waals surface area contributed by atoms with Crippen LogP contribution in [-0.2, 0) is 0 Å². The molecular weight excluding hydrogens is 176 g/mol. The van der Waals surface area contributed by atoms with Gasteiger partial charge in [-0.3, -0.25) is 5.10 Å². The highest BCUT2D eigenvalue weighted by Crippen LogP contribution is 2.16. The van der Waals surface area contributed by atoms with E-state index in [0.717, 1.165) is 23.8 Å². The fourth-order valence-corrected chi connectivity index (χ4v) is 1.98. The van der Waals surface area contributed by atoms with Gasteiger partial charge in [-0.15, -0.1) is 0 Å². The van der Waals surface area contributed by atoms with Gasteiger partial charge in [0.25, 0.3) is 0 Å². The zero-order chi connectivity index (χ0) is 9.97. The maximum absolute atomic E-state index is 3.98. The van der Waals surface area contributed by atoms with Gasteiger partial charge in [0, 0.05) is 13.1 Å². The lowest BCUT2D eigenvalue weighted by Crippen LogP contribution is -2.19. The number of aromatic amines is 1. The minimum Gasteiger partial charge on any atom is -0.382 e. The van der Waals surface area contributed by atoms with Crippen molar-refractivity contribution in [3.8, 4) is 0 Å². The molecule has 2 rings (SSSR count). The number of aryl methyl sites for hydroxylation is 1. The second kappa shape index (κ2) is 4.00. The standard InChI is InChI=1S/C10H18N4/c1-8-10(6-12-13-8)11-5-9-3-4-14(2)7-9/h6,9,11H,3-5,7H2,1-2H3,(H,12,13). The first-order chi connectivity index (χ1) is 6.75. The monoisotopic (exact) mass is 194 g/mol. The zero-order valence-electron chi connectivity index (χ0n) is 8.88. The summed E-state index contributed by atoms with van der Waals surface area (Å²) in [7, 11) is 2.18. The van der Waals surface area contributed by atoms with E-state index in [2.05, 4.69) is 27.5 Å². The Labute approximate surface area is 84.7 Å².